The van der Waals surface area contributed by atoms with Crippen molar-refractivity contribution in [3.05, 3.63) is 65.9 Å². The zero-order valence-corrected chi connectivity index (χ0v) is 17.1. The van der Waals surface area contributed by atoms with Crippen LogP contribution >= 0.6 is 0 Å². The zero-order valence-electron chi connectivity index (χ0n) is 17.1. The van der Waals surface area contributed by atoms with Crippen molar-refractivity contribution in [2.24, 2.45) is 0 Å². The van der Waals surface area contributed by atoms with Crippen LogP contribution < -0.4 is 4.90 Å². The van der Waals surface area contributed by atoms with Gasteiger partial charge in [0.15, 0.2) is 0 Å². The molecule has 2 heterocycles. The minimum absolute atomic E-state index is 0.297. The summed E-state index contributed by atoms with van der Waals surface area (Å²) in [4.78, 5) is 9.26. The van der Waals surface area contributed by atoms with E-state index in [4.69, 9.17) is 4.74 Å². The number of ether oxygens (including phenoxy) is 1. The van der Waals surface area contributed by atoms with E-state index in [9.17, 15) is 5.11 Å². The molecule has 3 aromatic rings. The molecule has 0 bridgehead atoms. The van der Waals surface area contributed by atoms with E-state index in [0.29, 0.717) is 17.9 Å². The summed E-state index contributed by atoms with van der Waals surface area (Å²) in [6.45, 7) is 8.03. The van der Waals surface area contributed by atoms with Crippen molar-refractivity contribution in [2.45, 2.75) is 26.5 Å². The predicted molar refractivity (Wildman–Crippen MR) is 117 cm³/mol. The SMILES string of the molecule is CCCOCc1cc(CN2CCN(c3ccccc3)CC2)c(O)c2ncccc12. The maximum atomic E-state index is 10.9. The highest BCUT2D eigenvalue weighted by Gasteiger charge is 2.20. The van der Waals surface area contributed by atoms with Gasteiger partial charge in [0.25, 0.3) is 0 Å². The number of benzene rings is 2. The Bertz CT molecular complexity index is 938. The summed E-state index contributed by atoms with van der Waals surface area (Å²) in [6.07, 6.45) is 2.73. The van der Waals surface area contributed by atoms with Crippen LogP contribution in [0.2, 0.25) is 0 Å². The van der Waals surface area contributed by atoms with Crippen molar-refractivity contribution >= 4 is 16.6 Å². The van der Waals surface area contributed by atoms with E-state index in [-0.39, 0.29) is 0 Å². The van der Waals surface area contributed by atoms with E-state index in [1.54, 1.807) is 6.20 Å². The lowest BCUT2D eigenvalue weighted by molar-refractivity contribution is 0.122. The van der Waals surface area contributed by atoms with Crippen LogP contribution in [0, 0.1) is 0 Å². The third-order valence-electron chi connectivity index (χ3n) is 5.52. The Balaban J connectivity index is 1.50. The average Bonchev–Trinajstić information content (AvgIpc) is 2.78. The predicted octanol–water partition coefficient (Wildman–Crippen LogP) is 4.19. The van der Waals surface area contributed by atoms with Gasteiger partial charge in [-0.15, -0.1) is 0 Å². The van der Waals surface area contributed by atoms with Crippen molar-refractivity contribution < 1.29 is 9.84 Å². The lowest BCUT2D eigenvalue weighted by Gasteiger charge is -2.36. The van der Waals surface area contributed by atoms with Crippen LogP contribution in [0.5, 0.6) is 5.75 Å². The summed E-state index contributed by atoms with van der Waals surface area (Å²) >= 11 is 0. The van der Waals surface area contributed by atoms with Crippen molar-refractivity contribution in [1.82, 2.24) is 9.88 Å². The number of anilines is 1. The maximum Gasteiger partial charge on any atom is 0.146 e. The van der Waals surface area contributed by atoms with Crippen LogP contribution in [-0.4, -0.2) is 47.8 Å². The van der Waals surface area contributed by atoms with Crippen LogP contribution in [0.15, 0.2) is 54.7 Å². The summed E-state index contributed by atoms with van der Waals surface area (Å²) in [6, 6.07) is 16.6. The van der Waals surface area contributed by atoms with Crippen LogP contribution in [0.25, 0.3) is 10.9 Å². The Kier molecular flexibility index (Phi) is 6.27. The van der Waals surface area contributed by atoms with E-state index in [1.165, 1.54) is 5.69 Å². The number of para-hydroxylation sites is 1. The molecule has 1 saturated heterocycles. The van der Waals surface area contributed by atoms with E-state index in [1.807, 2.05) is 12.1 Å². The third kappa shape index (κ3) is 4.52. The molecule has 1 aliphatic heterocycles. The Morgan fingerprint density at radius 2 is 1.79 bits per heavy atom. The molecule has 0 aliphatic carbocycles. The lowest BCUT2D eigenvalue weighted by Crippen LogP contribution is -2.45. The minimum Gasteiger partial charge on any atom is -0.505 e. The number of rotatable bonds is 7. The number of fused-ring (bicyclic) bond motifs is 1. The van der Waals surface area contributed by atoms with Gasteiger partial charge in [0.05, 0.1) is 6.61 Å². The van der Waals surface area contributed by atoms with E-state index >= 15 is 0 Å². The van der Waals surface area contributed by atoms with Gasteiger partial charge in [-0.05, 0) is 36.2 Å². The number of pyridine rings is 1. The smallest absolute Gasteiger partial charge is 0.146 e. The second kappa shape index (κ2) is 9.25. The quantitative estimate of drug-likeness (QED) is 0.612. The lowest BCUT2D eigenvalue weighted by atomic mass is 10.0. The number of hydrogen-bond donors (Lipinski definition) is 1. The van der Waals surface area contributed by atoms with Gasteiger partial charge in [-0.25, -0.2) is 0 Å². The van der Waals surface area contributed by atoms with Gasteiger partial charge in [-0.3, -0.25) is 9.88 Å². The summed E-state index contributed by atoms with van der Waals surface area (Å²) < 4.78 is 5.80. The number of nitrogens with zero attached hydrogens (tertiary/aromatic N) is 3. The molecule has 5 nitrogen and oxygen atoms in total. The number of aromatic hydroxyl groups is 1. The molecule has 1 N–H and O–H groups in total. The van der Waals surface area contributed by atoms with Crippen molar-refractivity contribution in [3.8, 4) is 5.75 Å². The number of phenols is 1. The standard InChI is InChI=1S/C24H29N3O2/c1-2-15-29-18-20-16-19(24(28)23-22(20)9-6-10-25-23)17-26-11-13-27(14-12-26)21-7-4-3-5-8-21/h3-10,16,28H,2,11-15,17-18H2,1H3. The summed E-state index contributed by atoms with van der Waals surface area (Å²) in [5, 5.41) is 11.8. The number of piperazine rings is 1. The van der Waals surface area contributed by atoms with Gasteiger partial charge in [-0.1, -0.05) is 31.2 Å². The van der Waals surface area contributed by atoms with Crippen molar-refractivity contribution in [1.29, 1.82) is 0 Å². The number of aromatic nitrogens is 1. The summed E-state index contributed by atoms with van der Waals surface area (Å²) in [7, 11) is 0. The van der Waals surface area contributed by atoms with Gasteiger partial charge in [-0.2, -0.15) is 0 Å². The highest BCUT2D eigenvalue weighted by molar-refractivity contribution is 5.88. The molecule has 2 aromatic carbocycles. The van der Waals surface area contributed by atoms with E-state index in [0.717, 1.165) is 62.3 Å². The largest absolute Gasteiger partial charge is 0.505 e. The van der Waals surface area contributed by atoms with Crippen molar-refractivity contribution in [3.63, 3.8) is 0 Å². The molecular formula is C24H29N3O2. The molecule has 1 fully saturated rings. The van der Waals surface area contributed by atoms with Crippen molar-refractivity contribution in [2.75, 3.05) is 37.7 Å². The fourth-order valence-electron chi connectivity index (χ4n) is 3.97. The zero-order chi connectivity index (χ0) is 20.1. The molecule has 0 radical (unpaired) electrons. The minimum atomic E-state index is 0.297. The number of hydrogen-bond acceptors (Lipinski definition) is 5. The van der Waals surface area contributed by atoms with Crippen LogP contribution in [0.1, 0.15) is 24.5 Å². The molecule has 0 atom stereocenters. The fraction of sp³-hybridized carbons (Fsp3) is 0.375. The van der Waals surface area contributed by atoms with E-state index < -0.39 is 0 Å². The Labute approximate surface area is 172 Å². The molecule has 29 heavy (non-hydrogen) atoms. The molecule has 1 aromatic heterocycles. The first-order chi connectivity index (χ1) is 14.3. The van der Waals surface area contributed by atoms with Crippen LogP contribution in [-0.2, 0) is 17.9 Å². The Morgan fingerprint density at radius 1 is 1.00 bits per heavy atom. The third-order valence-corrected chi connectivity index (χ3v) is 5.52. The second-order valence-electron chi connectivity index (χ2n) is 7.59. The molecule has 0 amide bonds. The molecule has 4 rings (SSSR count). The Hall–Kier alpha value is -2.63. The normalized spacial score (nSPS) is 15.1. The summed E-state index contributed by atoms with van der Waals surface area (Å²) in [5.74, 6) is 0.297. The number of phenolic OH excluding ortho intramolecular Hbond substituents is 1. The van der Waals surface area contributed by atoms with Gasteiger partial charge in [0.1, 0.15) is 11.3 Å². The monoisotopic (exact) mass is 391 g/mol. The van der Waals surface area contributed by atoms with Gasteiger partial charge >= 0.3 is 0 Å². The summed E-state index contributed by atoms with van der Waals surface area (Å²) in [5.41, 5.74) is 3.97. The first kappa shape index (κ1) is 19.7. The fourth-order valence-corrected chi connectivity index (χ4v) is 3.97. The highest BCUT2D eigenvalue weighted by atomic mass is 16.5. The molecule has 5 heteroatoms. The second-order valence-corrected chi connectivity index (χ2v) is 7.59. The van der Waals surface area contributed by atoms with Gasteiger partial charge in [0.2, 0.25) is 0 Å². The van der Waals surface area contributed by atoms with Crippen LogP contribution in [0.3, 0.4) is 0 Å². The average molecular weight is 392 g/mol. The molecule has 0 saturated carbocycles. The van der Waals surface area contributed by atoms with Gasteiger partial charge < -0.3 is 14.7 Å². The Morgan fingerprint density at radius 3 is 2.55 bits per heavy atom. The molecule has 152 valence electrons. The molecule has 0 unspecified atom stereocenters. The van der Waals surface area contributed by atoms with Crippen LogP contribution in [0.4, 0.5) is 5.69 Å². The molecule has 1 aliphatic rings. The van der Waals surface area contributed by atoms with Gasteiger partial charge in [0, 0.05) is 62.2 Å². The molecular weight excluding hydrogens is 362 g/mol. The first-order valence-electron chi connectivity index (χ1n) is 10.4. The van der Waals surface area contributed by atoms with E-state index in [2.05, 4.69) is 58.1 Å². The topological polar surface area (TPSA) is 48.8 Å². The molecule has 0 spiro atoms. The maximum absolute atomic E-state index is 10.9. The highest BCUT2D eigenvalue weighted by Crippen LogP contribution is 2.32. The first-order valence-corrected chi connectivity index (χ1v) is 10.4.